The van der Waals surface area contributed by atoms with Crippen molar-refractivity contribution in [3.05, 3.63) is 29.6 Å². The van der Waals surface area contributed by atoms with Crippen LogP contribution in [0.4, 0.5) is 10.1 Å². The standard InChI is InChI=1S/C17H23FN2O/c18-12-1-6-17(11(7-12)10-19-13-2-3-13)20-14-4-5-15(20)9-16(21)8-14/h1,6-7,13-16,19,21H,2-5,8-10H2. The van der Waals surface area contributed by atoms with Crippen LogP contribution in [0.3, 0.4) is 0 Å². The van der Waals surface area contributed by atoms with Crippen LogP contribution in [0.1, 0.15) is 44.1 Å². The summed E-state index contributed by atoms with van der Waals surface area (Å²) in [6.07, 6.45) is 6.32. The number of fused-ring (bicyclic) bond motifs is 2. The fourth-order valence-corrected chi connectivity index (χ4v) is 4.03. The van der Waals surface area contributed by atoms with Gasteiger partial charge in [0.15, 0.2) is 0 Å². The highest BCUT2D eigenvalue weighted by atomic mass is 19.1. The Bertz CT molecular complexity index is 518. The lowest BCUT2D eigenvalue weighted by Gasteiger charge is -2.40. The lowest BCUT2D eigenvalue weighted by atomic mass is 9.97. The van der Waals surface area contributed by atoms with E-state index in [1.54, 1.807) is 12.1 Å². The van der Waals surface area contributed by atoms with Crippen LogP contribution in [0.2, 0.25) is 0 Å². The largest absolute Gasteiger partial charge is 0.393 e. The maximum absolute atomic E-state index is 13.6. The van der Waals surface area contributed by atoms with Gasteiger partial charge in [-0.3, -0.25) is 0 Å². The second-order valence-corrected chi connectivity index (χ2v) is 6.85. The molecule has 1 aromatic rings. The molecule has 1 saturated carbocycles. The number of aliphatic hydroxyl groups excluding tert-OH is 1. The molecule has 114 valence electrons. The van der Waals surface area contributed by atoms with E-state index in [4.69, 9.17) is 0 Å². The summed E-state index contributed by atoms with van der Waals surface area (Å²) in [5.74, 6) is -0.157. The van der Waals surface area contributed by atoms with Gasteiger partial charge in [0, 0.05) is 30.4 Å². The Labute approximate surface area is 125 Å². The monoisotopic (exact) mass is 290 g/mol. The molecule has 2 bridgehead atoms. The number of nitrogens with zero attached hydrogens (tertiary/aromatic N) is 1. The second-order valence-electron chi connectivity index (χ2n) is 6.85. The molecule has 1 aliphatic carbocycles. The molecule has 4 rings (SSSR count). The summed E-state index contributed by atoms with van der Waals surface area (Å²) in [7, 11) is 0. The van der Waals surface area contributed by atoms with Gasteiger partial charge in [-0.25, -0.2) is 4.39 Å². The summed E-state index contributed by atoms with van der Waals surface area (Å²) < 4.78 is 13.6. The molecular weight excluding hydrogens is 267 g/mol. The normalized spacial score (nSPS) is 31.7. The van der Waals surface area contributed by atoms with Gasteiger partial charge in [0.2, 0.25) is 0 Å². The highest BCUT2D eigenvalue weighted by Gasteiger charge is 2.40. The number of rotatable bonds is 4. The Hall–Kier alpha value is -1.13. The summed E-state index contributed by atoms with van der Waals surface area (Å²) >= 11 is 0. The van der Waals surface area contributed by atoms with Crippen molar-refractivity contribution in [2.45, 2.75) is 69.3 Å². The van der Waals surface area contributed by atoms with Gasteiger partial charge in [0.1, 0.15) is 5.82 Å². The lowest BCUT2D eigenvalue weighted by Crippen LogP contribution is -2.45. The zero-order chi connectivity index (χ0) is 14.4. The summed E-state index contributed by atoms with van der Waals surface area (Å²) in [6, 6.07) is 6.64. The predicted octanol–water partition coefficient (Wildman–Crippen LogP) is 2.57. The number of hydrogen-bond donors (Lipinski definition) is 2. The minimum atomic E-state index is -0.160. The fraction of sp³-hybridized carbons (Fsp3) is 0.647. The van der Waals surface area contributed by atoms with Gasteiger partial charge in [-0.1, -0.05) is 0 Å². The van der Waals surface area contributed by atoms with Crippen LogP contribution in [0.15, 0.2) is 18.2 Å². The second kappa shape index (κ2) is 5.25. The maximum atomic E-state index is 13.6. The van der Waals surface area contributed by atoms with E-state index in [2.05, 4.69) is 10.2 Å². The quantitative estimate of drug-likeness (QED) is 0.894. The molecule has 4 heteroatoms. The zero-order valence-electron chi connectivity index (χ0n) is 12.3. The Balaban J connectivity index is 1.61. The molecule has 0 aromatic heterocycles. The molecule has 2 unspecified atom stereocenters. The first kappa shape index (κ1) is 13.5. The van der Waals surface area contributed by atoms with E-state index in [9.17, 15) is 9.50 Å². The average Bonchev–Trinajstić information content (AvgIpc) is 3.23. The van der Waals surface area contributed by atoms with E-state index in [0.29, 0.717) is 18.1 Å². The van der Waals surface area contributed by atoms with E-state index in [0.717, 1.165) is 37.8 Å². The van der Waals surface area contributed by atoms with E-state index in [-0.39, 0.29) is 11.9 Å². The van der Waals surface area contributed by atoms with Crippen molar-refractivity contribution in [2.75, 3.05) is 4.90 Å². The highest BCUT2D eigenvalue weighted by Crippen LogP contribution is 2.41. The number of benzene rings is 1. The van der Waals surface area contributed by atoms with Crippen molar-refractivity contribution in [3.8, 4) is 0 Å². The molecular formula is C17H23FN2O. The summed E-state index contributed by atoms with van der Waals surface area (Å²) in [5.41, 5.74) is 2.24. The topological polar surface area (TPSA) is 35.5 Å². The van der Waals surface area contributed by atoms with Gasteiger partial charge < -0.3 is 15.3 Å². The van der Waals surface area contributed by atoms with Crippen molar-refractivity contribution in [1.29, 1.82) is 0 Å². The van der Waals surface area contributed by atoms with Gasteiger partial charge in [-0.15, -0.1) is 0 Å². The van der Waals surface area contributed by atoms with Crippen molar-refractivity contribution in [3.63, 3.8) is 0 Å². The van der Waals surface area contributed by atoms with Crippen molar-refractivity contribution in [1.82, 2.24) is 5.32 Å². The van der Waals surface area contributed by atoms with Crippen LogP contribution in [0.5, 0.6) is 0 Å². The van der Waals surface area contributed by atoms with Crippen LogP contribution in [0, 0.1) is 5.82 Å². The summed E-state index contributed by atoms with van der Waals surface area (Å²) in [6.45, 7) is 0.746. The third-order valence-corrected chi connectivity index (χ3v) is 5.19. The molecule has 2 aliphatic heterocycles. The van der Waals surface area contributed by atoms with Gasteiger partial charge in [0.25, 0.3) is 0 Å². The van der Waals surface area contributed by atoms with E-state index in [1.165, 1.54) is 18.5 Å². The van der Waals surface area contributed by atoms with E-state index in [1.807, 2.05) is 6.07 Å². The van der Waals surface area contributed by atoms with Crippen LogP contribution >= 0.6 is 0 Å². The van der Waals surface area contributed by atoms with Crippen molar-refractivity contribution >= 4 is 5.69 Å². The van der Waals surface area contributed by atoms with Crippen LogP contribution < -0.4 is 10.2 Å². The van der Waals surface area contributed by atoms with Gasteiger partial charge in [0.05, 0.1) is 6.10 Å². The molecule has 0 amide bonds. The zero-order valence-corrected chi connectivity index (χ0v) is 12.3. The number of aliphatic hydroxyl groups is 1. The molecule has 2 N–H and O–H groups in total. The third-order valence-electron chi connectivity index (χ3n) is 5.19. The van der Waals surface area contributed by atoms with Gasteiger partial charge in [-0.2, -0.15) is 0 Å². The number of hydrogen-bond acceptors (Lipinski definition) is 3. The predicted molar refractivity (Wildman–Crippen MR) is 80.8 cm³/mol. The Morgan fingerprint density at radius 2 is 1.86 bits per heavy atom. The van der Waals surface area contributed by atoms with Gasteiger partial charge in [-0.05, 0) is 62.3 Å². The fourth-order valence-electron chi connectivity index (χ4n) is 4.03. The van der Waals surface area contributed by atoms with Crippen LogP contribution in [-0.4, -0.2) is 29.3 Å². The number of piperidine rings is 1. The Morgan fingerprint density at radius 3 is 2.52 bits per heavy atom. The molecule has 1 aromatic carbocycles. The first-order valence-corrected chi connectivity index (χ1v) is 8.19. The molecule has 2 heterocycles. The molecule has 21 heavy (non-hydrogen) atoms. The summed E-state index contributed by atoms with van der Waals surface area (Å²) in [4.78, 5) is 2.45. The van der Waals surface area contributed by atoms with E-state index < -0.39 is 0 Å². The SMILES string of the molecule is OC1CC2CCC(C1)N2c1ccc(F)cc1CNC1CC1. The van der Waals surface area contributed by atoms with E-state index >= 15 is 0 Å². The highest BCUT2D eigenvalue weighted by molar-refractivity contribution is 5.57. The maximum Gasteiger partial charge on any atom is 0.123 e. The minimum absolute atomic E-state index is 0.157. The molecule has 2 saturated heterocycles. The molecule has 3 fully saturated rings. The summed E-state index contributed by atoms with van der Waals surface area (Å²) in [5, 5.41) is 13.4. The molecule has 3 aliphatic rings. The minimum Gasteiger partial charge on any atom is -0.393 e. The van der Waals surface area contributed by atoms with Crippen molar-refractivity contribution in [2.24, 2.45) is 0 Å². The Morgan fingerprint density at radius 1 is 1.14 bits per heavy atom. The number of nitrogens with one attached hydrogen (secondary N) is 1. The number of halogens is 1. The Kier molecular flexibility index (Phi) is 3.38. The van der Waals surface area contributed by atoms with Crippen LogP contribution in [-0.2, 0) is 6.54 Å². The molecule has 0 radical (unpaired) electrons. The third kappa shape index (κ3) is 2.67. The number of anilines is 1. The molecule has 0 spiro atoms. The molecule has 3 nitrogen and oxygen atoms in total. The first-order valence-electron chi connectivity index (χ1n) is 8.19. The van der Waals surface area contributed by atoms with Gasteiger partial charge >= 0.3 is 0 Å². The molecule has 2 atom stereocenters. The first-order chi connectivity index (χ1) is 10.2. The average molecular weight is 290 g/mol. The van der Waals surface area contributed by atoms with Crippen LogP contribution in [0.25, 0.3) is 0 Å². The van der Waals surface area contributed by atoms with Crippen molar-refractivity contribution < 1.29 is 9.50 Å². The smallest absolute Gasteiger partial charge is 0.123 e. The lowest BCUT2D eigenvalue weighted by molar-refractivity contribution is 0.126.